The van der Waals surface area contributed by atoms with Gasteiger partial charge in [0.05, 0.1) is 13.2 Å². The first-order valence-corrected chi connectivity index (χ1v) is 5.58. The number of rotatable bonds is 10. The van der Waals surface area contributed by atoms with Gasteiger partial charge in [0.2, 0.25) is 0 Å². The van der Waals surface area contributed by atoms with Crippen molar-refractivity contribution in [3.8, 4) is 0 Å². The third-order valence-electron chi connectivity index (χ3n) is 1.95. The van der Waals surface area contributed by atoms with E-state index in [9.17, 15) is 0 Å². The van der Waals surface area contributed by atoms with E-state index in [1.807, 2.05) is 0 Å². The lowest BCUT2D eigenvalue weighted by atomic mass is 10.4. The highest BCUT2D eigenvalue weighted by atomic mass is 16.7. The zero-order valence-corrected chi connectivity index (χ0v) is 10.7. The Bertz CT molecular complexity index is 116. The molecule has 0 aromatic rings. The Balaban J connectivity index is 2.93. The molecule has 0 heterocycles. The van der Waals surface area contributed by atoms with Gasteiger partial charge in [0.1, 0.15) is 6.79 Å². The fourth-order valence-corrected chi connectivity index (χ4v) is 1.14. The molecule has 4 nitrogen and oxygen atoms in total. The lowest BCUT2D eigenvalue weighted by molar-refractivity contribution is -0.0564. The molecule has 0 aliphatic rings. The van der Waals surface area contributed by atoms with Crippen LogP contribution < -0.4 is 0 Å². The van der Waals surface area contributed by atoms with E-state index in [0.717, 1.165) is 39.1 Å². The largest absolute Gasteiger partial charge is 0.355 e. The summed E-state index contributed by atoms with van der Waals surface area (Å²) in [5, 5.41) is 0. The summed E-state index contributed by atoms with van der Waals surface area (Å²) >= 11 is 0. The molecule has 0 fully saturated rings. The highest BCUT2D eigenvalue weighted by Gasteiger charge is 1.93. The van der Waals surface area contributed by atoms with Crippen LogP contribution in [0.3, 0.4) is 0 Å². The van der Waals surface area contributed by atoms with Crippen molar-refractivity contribution in [1.29, 1.82) is 0 Å². The van der Waals surface area contributed by atoms with Crippen LogP contribution in [0.4, 0.5) is 0 Å². The summed E-state index contributed by atoms with van der Waals surface area (Å²) in [6, 6.07) is 0. The first-order chi connectivity index (χ1) is 7.13. The predicted molar refractivity (Wildman–Crippen MR) is 63.1 cm³/mol. The third-order valence-corrected chi connectivity index (χ3v) is 1.95. The zero-order chi connectivity index (χ0) is 11.5. The molecule has 0 bridgehead atoms. The summed E-state index contributed by atoms with van der Waals surface area (Å²) in [6.45, 7) is 4.14. The van der Waals surface area contributed by atoms with Crippen molar-refractivity contribution in [3.63, 3.8) is 0 Å². The summed E-state index contributed by atoms with van der Waals surface area (Å²) in [5.41, 5.74) is 0. The number of hydrogen-bond donors (Lipinski definition) is 0. The average molecular weight is 218 g/mol. The van der Waals surface area contributed by atoms with Gasteiger partial charge < -0.3 is 19.3 Å². The van der Waals surface area contributed by atoms with Gasteiger partial charge in [-0.1, -0.05) is 0 Å². The van der Waals surface area contributed by atoms with Gasteiger partial charge in [-0.25, -0.2) is 0 Å². The molecule has 0 aromatic heterocycles. The Kier molecular flexibility index (Phi) is 10.3. The molecule has 0 saturated carbocycles. The Labute approximate surface area is 94.1 Å². The molecule has 0 spiro atoms. The lowest BCUT2D eigenvalue weighted by Crippen LogP contribution is -2.16. The summed E-state index contributed by atoms with van der Waals surface area (Å²) in [5.74, 6) is 0. The molecular formula is C11H26N2O2. The Morgan fingerprint density at radius 2 is 1.13 bits per heavy atom. The van der Waals surface area contributed by atoms with Crippen LogP contribution in [0.15, 0.2) is 0 Å². The molecule has 92 valence electrons. The van der Waals surface area contributed by atoms with Gasteiger partial charge in [0.15, 0.2) is 0 Å². The van der Waals surface area contributed by atoms with Crippen LogP contribution in [0.2, 0.25) is 0 Å². The van der Waals surface area contributed by atoms with Crippen LogP contribution in [-0.2, 0) is 9.47 Å². The topological polar surface area (TPSA) is 24.9 Å². The van der Waals surface area contributed by atoms with E-state index in [-0.39, 0.29) is 0 Å². The van der Waals surface area contributed by atoms with Gasteiger partial charge >= 0.3 is 0 Å². The Morgan fingerprint density at radius 1 is 0.733 bits per heavy atom. The van der Waals surface area contributed by atoms with Crippen molar-refractivity contribution < 1.29 is 9.47 Å². The second-order valence-corrected chi connectivity index (χ2v) is 4.25. The normalized spacial score (nSPS) is 11.6. The minimum atomic E-state index is 0.431. The van der Waals surface area contributed by atoms with Crippen molar-refractivity contribution in [1.82, 2.24) is 9.80 Å². The average Bonchev–Trinajstić information content (AvgIpc) is 2.14. The van der Waals surface area contributed by atoms with E-state index in [0.29, 0.717) is 6.79 Å². The van der Waals surface area contributed by atoms with Crippen LogP contribution in [-0.4, -0.2) is 71.1 Å². The van der Waals surface area contributed by atoms with Crippen molar-refractivity contribution in [2.24, 2.45) is 0 Å². The molecule has 0 amide bonds. The van der Waals surface area contributed by atoms with Gasteiger partial charge in [0, 0.05) is 0 Å². The second kappa shape index (κ2) is 10.4. The van der Waals surface area contributed by atoms with Crippen molar-refractivity contribution in [3.05, 3.63) is 0 Å². The van der Waals surface area contributed by atoms with E-state index < -0.39 is 0 Å². The van der Waals surface area contributed by atoms with Crippen LogP contribution in [0, 0.1) is 0 Å². The molecule has 0 unspecified atom stereocenters. The minimum absolute atomic E-state index is 0.431. The van der Waals surface area contributed by atoms with Crippen molar-refractivity contribution in [2.75, 3.05) is 61.3 Å². The minimum Gasteiger partial charge on any atom is -0.355 e. The smallest absolute Gasteiger partial charge is 0.146 e. The zero-order valence-electron chi connectivity index (χ0n) is 10.7. The molecule has 0 N–H and O–H groups in total. The molecular weight excluding hydrogens is 192 g/mol. The van der Waals surface area contributed by atoms with Crippen LogP contribution in [0.25, 0.3) is 0 Å². The quantitative estimate of drug-likeness (QED) is 0.401. The van der Waals surface area contributed by atoms with E-state index in [1.54, 1.807) is 0 Å². The van der Waals surface area contributed by atoms with Crippen molar-refractivity contribution in [2.45, 2.75) is 12.8 Å². The fourth-order valence-electron chi connectivity index (χ4n) is 1.14. The highest BCUT2D eigenvalue weighted by Crippen LogP contribution is 1.89. The molecule has 0 aromatic carbocycles. The summed E-state index contributed by atoms with van der Waals surface area (Å²) < 4.78 is 10.7. The third kappa shape index (κ3) is 13.8. The first-order valence-electron chi connectivity index (χ1n) is 5.58. The van der Waals surface area contributed by atoms with E-state index in [1.165, 1.54) is 0 Å². The Hall–Kier alpha value is -0.160. The SMILES string of the molecule is CN(C)CCCOCOCCCN(C)C. The number of ether oxygens (including phenoxy) is 2. The summed E-state index contributed by atoms with van der Waals surface area (Å²) in [4.78, 5) is 4.31. The standard InChI is InChI=1S/C11H26N2O2/c1-12(2)7-5-9-14-11-15-10-6-8-13(3)4/h5-11H2,1-4H3. The van der Waals surface area contributed by atoms with Gasteiger partial charge in [-0.15, -0.1) is 0 Å². The van der Waals surface area contributed by atoms with Crippen molar-refractivity contribution >= 4 is 0 Å². The molecule has 0 rings (SSSR count). The molecule has 0 radical (unpaired) electrons. The number of nitrogens with zero attached hydrogens (tertiary/aromatic N) is 2. The summed E-state index contributed by atoms with van der Waals surface area (Å²) in [6.07, 6.45) is 2.13. The predicted octanol–water partition coefficient (Wildman–Crippen LogP) is 0.881. The lowest BCUT2D eigenvalue weighted by Gasteiger charge is -2.11. The maximum atomic E-state index is 5.33. The fraction of sp³-hybridized carbons (Fsp3) is 1.00. The Morgan fingerprint density at radius 3 is 1.47 bits per heavy atom. The van der Waals surface area contributed by atoms with Gasteiger partial charge in [-0.2, -0.15) is 0 Å². The van der Waals surface area contributed by atoms with Gasteiger partial charge in [-0.3, -0.25) is 0 Å². The molecule has 0 atom stereocenters. The van der Waals surface area contributed by atoms with E-state index in [2.05, 4.69) is 38.0 Å². The van der Waals surface area contributed by atoms with Gasteiger partial charge in [-0.05, 0) is 54.1 Å². The molecule has 0 aliphatic carbocycles. The van der Waals surface area contributed by atoms with Crippen LogP contribution >= 0.6 is 0 Å². The van der Waals surface area contributed by atoms with E-state index in [4.69, 9.17) is 9.47 Å². The summed E-state index contributed by atoms with van der Waals surface area (Å²) in [7, 11) is 8.27. The second-order valence-electron chi connectivity index (χ2n) is 4.25. The van der Waals surface area contributed by atoms with Crippen LogP contribution in [0.5, 0.6) is 0 Å². The van der Waals surface area contributed by atoms with E-state index >= 15 is 0 Å². The maximum Gasteiger partial charge on any atom is 0.146 e. The molecule has 4 heteroatoms. The maximum absolute atomic E-state index is 5.33. The monoisotopic (exact) mass is 218 g/mol. The molecule has 0 aliphatic heterocycles. The van der Waals surface area contributed by atoms with Crippen LogP contribution in [0.1, 0.15) is 12.8 Å². The molecule has 0 saturated heterocycles. The molecule has 15 heavy (non-hydrogen) atoms. The first kappa shape index (κ1) is 14.8. The number of hydrogen-bond acceptors (Lipinski definition) is 4. The highest BCUT2D eigenvalue weighted by molar-refractivity contribution is 4.42. The van der Waals surface area contributed by atoms with Gasteiger partial charge in [0.25, 0.3) is 0 Å².